The Morgan fingerprint density at radius 2 is 1.27 bits per heavy atom. The van der Waals surface area contributed by atoms with Gasteiger partial charge in [0.05, 0.1) is 19.8 Å². The van der Waals surface area contributed by atoms with Gasteiger partial charge < -0.3 is 14.6 Å². The first-order valence-corrected chi connectivity index (χ1v) is 24.8. The number of ether oxygens (including phenoxy) is 2. The second kappa shape index (κ2) is 16.0. The van der Waals surface area contributed by atoms with E-state index in [0.29, 0.717) is 67.1 Å². The number of thiophene rings is 3. The summed E-state index contributed by atoms with van der Waals surface area (Å²) in [5.74, 6) is -3.00. The van der Waals surface area contributed by atoms with Gasteiger partial charge >= 0.3 is 11.9 Å². The van der Waals surface area contributed by atoms with E-state index in [-0.39, 0.29) is 47.7 Å². The highest BCUT2D eigenvalue weighted by Crippen LogP contribution is 2.58. The second-order valence-corrected chi connectivity index (χ2v) is 21.1. The highest BCUT2D eigenvalue weighted by Gasteiger charge is 2.61. The Balaban J connectivity index is 0.979. The molecule has 3 aromatic heterocycles. The molecule has 3 saturated carbocycles. The minimum absolute atomic E-state index is 0.0433. The van der Waals surface area contributed by atoms with Crippen molar-refractivity contribution in [3.8, 4) is 0 Å². The lowest BCUT2D eigenvalue weighted by atomic mass is 9.64. The van der Waals surface area contributed by atoms with Gasteiger partial charge in [0, 0.05) is 32.5 Å². The summed E-state index contributed by atoms with van der Waals surface area (Å²) in [7, 11) is 0. The zero-order valence-corrected chi connectivity index (χ0v) is 37.8. The molecule has 0 radical (unpaired) electrons. The van der Waals surface area contributed by atoms with E-state index >= 15 is 9.59 Å². The Kier molecular flexibility index (Phi) is 9.97. The fourth-order valence-corrected chi connectivity index (χ4v) is 15.2. The maximum absolute atomic E-state index is 15.2. The molecule has 10 nitrogen and oxygen atoms in total. The van der Waals surface area contributed by atoms with Gasteiger partial charge in [-0.05, 0) is 76.4 Å². The lowest BCUT2D eigenvalue weighted by Crippen LogP contribution is -2.46. The molecule has 7 aromatic rings. The van der Waals surface area contributed by atoms with Crippen LogP contribution in [0.3, 0.4) is 0 Å². The molecule has 12 rings (SSSR count). The molecule has 3 heterocycles. The Morgan fingerprint density at radius 3 is 1.89 bits per heavy atom. The summed E-state index contributed by atoms with van der Waals surface area (Å²) in [6.07, 6.45) is 6.08. The topological polar surface area (TPSA) is 149 Å². The molecule has 3 fully saturated rings. The molecule has 0 amide bonds. The van der Waals surface area contributed by atoms with Crippen LogP contribution in [0.15, 0.2) is 119 Å². The molecule has 0 saturated heterocycles. The number of carbonyl (C=O) groups excluding carboxylic acids is 5. The summed E-state index contributed by atoms with van der Waals surface area (Å²) >= 11 is 4.06. The zero-order chi connectivity index (χ0) is 44.8. The lowest BCUT2D eigenvalue weighted by Gasteiger charge is -2.39. The van der Waals surface area contributed by atoms with Crippen molar-refractivity contribution in [1.29, 1.82) is 0 Å². The minimum atomic E-state index is -2.29. The fraction of sp³-hybridized carbons (Fsp3) is 0.264. The molecule has 0 spiro atoms. The number of fused-ring (bicyclic) bond motifs is 9. The Morgan fingerprint density at radius 1 is 0.682 bits per heavy atom. The molecule has 5 aliphatic carbocycles. The van der Waals surface area contributed by atoms with Crippen LogP contribution < -0.4 is 0 Å². The van der Waals surface area contributed by atoms with E-state index in [1.54, 1.807) is 12.1 Å². The Labute approximate surface area is 390 Å². The molecule has 66 heavy (non-hydrogen) atoms. The van der Waals surface area contributed by atoms with Crippen LogP contribution in [0.2, 0.25) is 0 Å². The number of benzene rings is 4. The minimum Gasteiger partial charge on any atom is -0.459 e. The van der Waals surface area contributed by atoms with Crippen LogP contribution in [0.25, 0.3) is 35.6 Å². The number of hydrogen-bond donors (Lipinski definition) is 1. The lowest BCUT2D eigenvalue weighted by molar-refractivity contribution is -0.164. The predicted octanol–water partition coefficient (Wildman–Crippen LogP) is 10.8. The summed E-state index contributed by atoms with van der Waals surface area (Å²) in [5.41, 5.74) is 0.143. The van der Waals surface area contributed by atoms with Crippen LogP contribution in [0, 0.1) is 23.7 Å². The first-order valence-electron chi connectivity index (χ1n) is 22.3. The third-order valence-corrected chi connectivity index (χ3v) is 18.0. The maximum atomic E-state index is 15.2. The van der Waals surface area contributed by atoms with Crippen molar-refractivity contribution in [2.75, 3.05) is 0 Å². The maximum Gasteiger partial charge on any atom is 0.334 e. The largest absolute Gasteiger partial charge is 0.459 e. The first kappa shape index (κ1) is 41.2. The zero-order valence-electron chi connectivity index (χ0n) is 35.4. The smallest absolute Gasteiger partial charge is 0.334 e. The van der Waals surface area contributed by atoms with E-state index < -0.39 is 35.3 Å². The van der Waals surface area contributed by atoms with Crippen molar-refractivity contribution >= 4 is 115 Å². The molecule has 5 atom stereocenters. The van der Waals surface area contributed by atoms with Crippen LogP contribution in [-0.4, -0.2) is 45.8 Å². The average molecular weight is 929 g/mol. The summed E-state index contributed by atoms with van der Waals surface area (Å²) in [6, 6.07) is 31.4. The quantitative estimate of drug-likeness (QED) is 0.117. The Bertz CT molecular complexity index is 3230. The number of esters is 2. The van der Waals surface area contributed by atoms with Crippen molar-refractivity contribution in [3.63, 3.8) is 0 Å². The van der Waals surface area contributed by atoms with Crippen LogP contribution >= 0.6 is 34.0 Å². The van der Waals surface area contributed by atoms with Crippen LogP contribution in [0.1, 0.15) is 82.1 Å². The van der Waals surface area contributed by atoms with E-state index in [1.807, 2.05) is 97.1 Å². The van der Waals surface area contributed by atoms with Gasteiger partial charge in [0.15, 0.2) is 11.6 Å². The molecule has 0 bridgehead atoms. The summed E-state index contributed by atoms with van der Waals surface area (Å²) in [4.78, 5) is 83.0. The number of ketones is 3. The van der Waals surface area contributed by atoms with Crippen LogP contribution in [0.5, 0.6) is 0 Å². The number of aliphatic hydroxyl groups is 1. The van der Waals surface area contributed by atoms with Gasteiger partial charge in [0.2, 0.25) is 11.2 Å². The Hall–Kier alpha value is -6.25. The van der Waals surface area contributed by atoms with E-state index in [1.165, 1.54) is 34.0 Å². The SMILES string of the molecule is O=C1C(=Nc2cc3sc4c5c(sc4c3s2)C=C(N=C2C(=O)C3CC4CCCCC4CC3C2=O)C5(C(=O)OCc2ccccc2)C(=O)OCc2ccccc2)C(O)c2cc3ccccc3cc21. The highest BCUT2D eigenvalue weighted by molar-refractivity contribution is 7.40. The van der Waals surface area contributed by atoms with Gasteiger partial charge in [-0.1, -0.05) is 111 Å². The van der Waals surface area contributed by atoms with E-state index in [4.69, 9.17) is 19.5 Å². The monoisotopic (exact) mass is 928 g/mol. The highest BCUT2D eigenvalue weighted by atomic mass is 32.1. The molecule has 5 unspecified atom stereocenters. The van der Waals surface area contributed by atoms with E-state index in [2.05, 4.69) is 0 Å². The van der Waals surface area contributed by atoms with Gasteiger partial charge in [-0.25, -0.2) is 9.98 Å². The first-order chi connectivity index (χ1) is 32.2. The van der Waals surface area contributed by atoms with E-state index in [0.717, 1.165) is 50.6 Å². The standard InChI is InChI=1S/C53H40N2O8S3/c56-44-33-19-29-15-7-8-16-30(29)20-34(33)45(57)42(44)54-39-23-37-41(53(39,51(60)62-25-27-11-3-1-4-12-27)52(61)63-26-28-13-5-2-6-14-28)49-50(64-37)48-38(65-49)24-40(66-48)55-43-46(58)35-21-31-17-9-10-18-32(31)22-36(35)47(43)59/h1-6,9-14,17-18,21-24,29-30,33-34,46,58H,7-8,15-16,19-20,25-26H2. The predicted molar refractivity (Wildman–Crippen MR) is 257 cm³/mol. The number of rotatable bonds is 8. The molecule has 5 aliphatic rings. The summed E-state index contributed by atoms with van der Waals surface area (Å²) in [5, 5.41) is 13.7. The third kappa shape index (κ3) is 6.45. The second-order valence-electron chi connectivity index (χ2n) is 18.0. The molecule has 1 N–H and O–H groups in total. The number of hydrogen-bond acceptors (Lipinski definition) is 13. The van der Waals surface area contributed by atoms with E-state index in [9.17, 15) is 19.5 Å². The van der Waals surface area contributed by atoms with Gasteiger partial charge in [0.1, 0.15) is 35.7 Å². The molecule has 4 aromatic carbocycles. The molecular weight excluding hydrogens is 889 g/mol. The van der Waals surface area contributed by atoms with Gasteiger partial charge in [-0.3, -0.25) is 24.0 Å². The van der Waals surface area contributed by atoms with Crippen molar-refractivity contribution in [1.82, 2.24) is 0 Å². The summed E-state index contributed by atoms with van der Waals surface area (Å²) in [6.45, 7) is -0.309. The molecular formula is C53H40N2O8S3. The van der Waals surface area contributed by atoms with Gasteiger partial charge in [-0.15, -0.1) is 34.0 Å². The molecule has 0 aliphatic heterocycles. The number of aliphatic imine (C=N–C) groups is 2. The van der Waals surface area contributed by atoms with Gasteiger partial charge in [-0.2, -0.15) is 0 Å². The fourth-order valence-electron chi connectivity index (χ4n) is 11.0. The molecule has 13 heteroatoms. The number of Topliss-reactive ketones (excluding diaryl/α,β-unsaturated/α-hetero) is 3. The van der Waals surface area contributed by atoms with Crippen LogP contribution in [-0.2, 0) is 47.3 Å². The van der Waals surface area contributed by atoms with Crippen molar-refractivity contribution < 1.29 is 38.6 Å². The third-order valence-electron chi connectivity index (χ3n) is 14.3. The number of nitrogens with zero attached hydrogens (tertiary/aromatic N) is 2. The van der Waals surface area contributed by atoms with Gasteiger partial charge in [0.25, 0.3) is 0 Å². The number of aliphatic hydroxyl groups excluding tert-OH is 1. The normalized spacial score (nSPS) is 23.6. The van der Waals surface area contributed by atoms with Crippen molar-refractivity contribution in [3.05, 3.63) is 142 Å². The molecule has 328 valence electrons. The van der Waals surface area contributed by atoms with Crippen molar-refractivity contribution in [2.45, 2.75) is 63.3 Å². The average Bonchev–Trinajstić information content (AvgIpc) is 4.16. The van der Waals surface area contributed by atoms with Crippen LogP contribution in [0.4, 0.5) is 5.00 Å². The number of carbonyl (C=O) groups is 5. The summed E-state index contributed by atoms with van der Waals surface area (Å²) < 4.78 is 15.3. The van der Waals surface area contributed by atoms with Crippen molar-refractivity contribution in [2.24, 2.45) is 33.7 Å².